The predicted molar refractivity (Wildman–Crippen MR) is 216 cm³/mol. The van der Waals surface area contributed by atoms with E-state index >= 15 is 0 Å². The van der Waals surface area contributed by atoms with Crippen LogP contribution >= 0.6 is 0 Å². The molecule has 232 valence electrons. The number of hydrogen-bond acceptors (Lipinski definition) is 0. The first-order chi connectivity index (χ1) is 24.8. The molecule has 0 spiro atoms. The van der Waals surface area contributed by atoms with Crippen LogP contribution in [0.1, 0.15) is 0 Å². The SMILES string of the molecule is c1ccc([Si]c2ccc3c(-c4cccc5ccccc45)c4ccccc4c(-c4cccc(-n5c6ccccc6c6ccccc65)c4)c3c2)cc1. The van der Waals surface area contributed by atoms with Crippen molar-refractivity contribution in [3.05, 3.63) is 188 Å². The number of nitrogens with zero attached hydrogens (tertiary/aromatic N) is 1. The van der Waals surface area contributed by atoms with Gasteiger partial charge in [0.15, 0.2) is 0 Å². The van der Waals surface area contributed by atoms with Crippen LogP contribution in [0, 0.1) is 0 Å². The second-order valence-corrected chi connectivity index (χ2v) is 14.4. The highest BCUT2D eigenvalue weighted by atomic mass is 28.2. The summed E-state index contributed by atoms with van der Waals surface area (Å²) in [6.45, 7) is 0. The summed E-state index contributed by atoms with van der Waals surface area (Å²) < 4.78 is 2.42. The van der Waals surface area contributed by atoms with E-state index in [-0.39, 0.29) is 0 Å². The molecule has 0 aliphatic carbocycles. The summed E-state index contributed by atoms with van der Waals surface area (Å²) in [4.78, 5) is 0. The molecule has 0 unspecified atom stereocenters. The third-order valence-electron chi connectivity index (χ3n) is 10.1. The Balaban J connectivity index is 1.29. The summed E-state index contributed by atoms with van der Waals surface area (Å²) in [6, 6.07) is 69.2. The Morgan fingerprint density at radius 2 is 0.920 bits per heavy atom. The van der Waals surface area contributed by atoms with E-state index in [2.05, 4.69) is 193 Å². The summed E-state index contributed by atoms with van der Waals surface area (Å²) in [5.41, 5.74) is 8.67. The van der Waals surface area contributed by atoms with Gasteiger partial charge in [0.05, 0.1) is 11.0 Å². The smallest absolute Gasteiger partial charge is 0.121 e. The van der Waals surface area contributed by atoms with Crippen LogP contribution in [0.4, 0.5) is 0 Å². The van der Waals surface area contributed by atoms with Crippen molar-refractivity contribution in [1.29, 1.82) is 0 Å². The molecule has 50 heavy (non-hydrogen) atoms. The molecule has 1 nitrogen and oxygen atoms in total. The molecule has 0 aliphatic rings. The highest BCUT2D eigenvalue weighted by molar-refractivity contribution is 6.67. The van der Waals surface area contributed by atoms with Gasteiger partial charge in [0.1, 0.15) is 9.52 Å². The largest absolute Gasteiger partial charge is 0.309 e. The van der Waals surface area contributed by atoms with Crippen LogP contribution in [0.3, 0.4) is 0 Å². The van der Waals surface area contributed by atoms with Crippen molar-refractivity contribution in [3.8, 4) is 27.9 Å². The summed E-state index contributed by atoms with van der Waals surface area (Å²) in [5, 5.41) is 12.9. The summed E-state index contributed by atoms with van der Waals surface area (Å²) >= 11 is 0. The molecule has 1 aromatic heterocycles. The van der Waals surface area contributed by atoms with Crippen molar-refractivity contribution in [2.45, 2.75) is 0 Å². The van der Waals surface area contributed by atoms with Gasteiger partial charge in [0.2, 0.25) is 0 Å². The van der Waals surface area contributed by atoms with E-state index in [0.29, 0.717) is 9.52 Å². The highest BCUT2D eigenvalue weighted by Crippen LogP contribution is 2.45. The van der Waals surface area contributed by atoms with Crippen LogP contribution in [0.5, 0.6) is 0 Å². The molecule has 0 fully saturated rings. The zero-order chi connectivity index (χ0) is 33.0. The van der Waals surface area contributed by atoms with Crippen LogP contribution in [0.2, 0.25) is 0 Å². The molecule has 2 radical (unpaired) electrons. The molecule has 0 amide bonds. The molecule has 2 heteroatoms. The molecule has 1 heterocycles. The average Bonchev–Trinajstić information content (AvgIpc) is 3.52. The first kappa shape index (κ1) is 28.8. The lowest BCUT2D eigenvalue weighted by atomic mass is 9.84. The summed E-state index contributed by atoms with van der Waals surface area (Å²) in [5.74, 6) is 0. The van der Waals surface area contributed by atoms with E-state index in [0.717, 1.165) is 5.69 Å². The fraction of sp³-hybridized carbons (Fsp3) is 0. The second-order valence-electron chi connectivity index (χ2n) is 13.0. The minimum atomic E-state index is 0.572. The topological polar surface area (TPSA) is 4.93 Å². The van der Waals surface area contributed by atoms with E-state index in [1.807, 2.05) is 0 Å². The van der Waals surface area contributed by atoms with Crippen LogP contribution in [0.25, 0.3) is 82.1 Å². The normalized spacial score (nSPS) is 11.7. The van der Waals surface area contributed by atoms with Gasteiger partial charge in [0.25, 0.3) is 0 Å². The Hall–Kier alpha value is -6.22. The van der Waals surface area contributed by atoms with Gasteiger partial charge in [-0.25, -0.2) is 0 Å². The molecule has 0 atom stereocenters. The van der Waals surface area contributed by atoms with Crippen molar-refractivity contribution in [2.24, 2.45) is 0 Å². The maximum atomic E-state index is 2.46. The van der Waals surface area contributed by atoms with Crippen LogP contribution in [-0.4, -0.2) is 14.1 Å². The van der Waals surface area contributed by atoms with Gasteiger partial charge in [-0.15, -0.1) is 0 Å². The molecular weight excluding hydrogens is 619 g/mol. The molecular formula is C48H31NSi. The Kier molecular flexibility index (Phi) is 6.75. The van der Waals surface area contributed by atoms with Crippen molar-refractivity contribution in [2.75, 3.05) is 0 Å². The molecule has 0 bridgehead atoms. The Morgan fingerprint density at radius 3 is 1.68 bits per heavy atom. The Bertz CT molecular complexity index is 2840. The van der Waals surface area contributed by atoms with Gasteiger partial charge in [-0.05, 0) is 78.8 Å². The number of para-hydroxylation sites is 2. The zero-order valence-corrected chi connectivity index (χ0v) is 28.3. The molecule has 0 saturated carbocycles. The van der Waals surface area contributed by atoms with Crippen molar-refractivity contribution in [1.82, 2.24) is 4.57 Å². The summed E-state index contributed by atoms with van der Waals surface area (Å²) in [7, 11) is 0.572. The molecule has 0 N–H and O–H groups in total. The third-order valence-corrected chi connectivity index (χ3v) is 11.3. The average molecular weight is 650 g/mol. The zero-order valence-electron chi connectivity index (χ0n) is 27.3. The quantitative estimate of drug-likeness (QED) is 0.129. The molecule has 10 aromatic rings. The Labute approximate surface area is 293 Å². The van der Waals surface area contributed by atoms with Gasteiger partial charge in [-0.3, -0.25) is 0 Å². The minimum absolute atomic E-state index is 0.572. The lowest BCUT2D eigenvalue weighted by Crippen LogP contribution is -2.26. The first-order valence-corrected chi connectivity index (χ1v) is 18.2. The standard InChI is InChI=1S/C48H31NSi/c1-2-18-35(19-3-1)50-36-28-29-43-44(31-36)47(41-23-6-7-24-42(41)48(43)40-25-13-15-32-14-4-5-20-37(32)40)33-16-12-17-34(30-33)49-45-26-10-8-21-38(45)39-22-9-11-27-46(39)49/h1-31H. The van der Waals surface area contributed by atoms with E-state index in [4.69, 9.17) is 0 Å². The lowest BCUT2D eigenvalue weighted by Gasteiger charge is -2.20. The molecule has 0 saturated heterocycles. The molecule has 10 rings (SSSR count). The molecule has 9 aromatic carbocycles. The monoisotopic (exact) mass is 649 g/mol. The summed E-state index contributed by atoms with van der Waals surface area (Å²) in [6.07, 6.45) is 0. The van der Waals surface area contributed by atoms with Gasteiger partial charge in [-0.2, -0.15) is 0 Å². The van der Waals surface area contributed by atoms with E-state index in [1.165, 1.54) is 86.8 Å². The van der Waals surface area contributed by atoms with E-state index in [1.54, 1.807) is 0 Å². The number of hydrogen-bond donors (Lipinski definition) is 0. The van der Waals surface area contributed by atoms with Crippen LogP contribution < -0.4 is 10.4 Å². The van der Waals surface area contributed by atoms with Gasteiger partial charge in [-0.1, -0.05) is 174 Å². The van der Waals surface area contributed by atoms with Crippen molar-refractivity contribution >= 4 is 74.0 Å². The van der Waals surface area contributed by atoms with E-state index < -0.39 is 0 Å². The second kappa shape index (κ2) is 11.7. The Morgan fingerprint density at radius 1 is 0.340 bits per heavy atom. The number of fused-ring (bicyclic) bond motifs is 6. The maximum Gasteiger partial charge on any atom is 0.121 e. The third kappa shape index (κ3) is 4.61. The number of benzene rings is 9. The molecule has 0 aliphatic heterocycles. The van der Waals surface area contributed by atoms with Crippen molar-refractivity contribution < 1.29 is 0 Å². The lowest BCUT2D eigenvalue weighted by molar-refractivity contribution is 1.18. The number of aromatic nitrogens is 1. The fourth-order valence-corrected chi connectivity index (χ4v) is 9.07. The fourth-order valence-electron chi connectivity index (χ4n) is 7.99. The van der Waals surface area contributed by atoms with Crippen LogP contribution in [-0.2, 0) is 0 Å². The minimum Gasteiger partial charge on any atom is -0.309 e. The van der Waals surface area contributed by atoms with Gasteiger partial charge in [0, 0.05) is 16.5 Å². The van der Waals surface area contributed by atoms with Gasteiger partial charge < -0.3 is 4.57 Å². The number of rotatable bonds is 5. The van der Waals surface area contributed by atoms with Crippen molar-refractivity contribution in [3.63, 3.8) is 0 Å². The van der Waals surface area contributed by atoms with Gasteiger partial charge >= 0.3 is 0 Å². The highest BCUT2D eigenvalue weighted by Gasteiger charge is 2.20. The van der Waals surface area contributed by atoms with E-state index in [9.17, 15) is 0 Å². The first-order valence-electron chi connectivity index (χ1n) is 17.2. The predicted octanol–water partition coefficient (Wildman–Crippen LogP) is 11.2. The van der Waals surface area contributed by atoms with Crippen LogP contribution in [0.15, 0.2) is 188 Å². The maximum absolute atomic E-state index is 2.46.